The normalized spacial score (nSPS) is 13.1. The highest BCUT2D eigenvalue weighted by Crippen LogP contribution is 2.38. The Morgan fingerprint density at radius 2 is 1.59 bits per heavy atom. The van der Waals surface area contributed by atoms with Crippen molar-refractivity contribution < 1.29 is 0 Å². The summed E-state index contributed by atoms with van der Waals surface area (Å²) in [7, 11) is 0. The van der Waals surface area contributed by atoms with Crippen LogP contribution in [-0.2, 0) is 12.8 Å². The van der Waals surface area contributed by atoms with Crippen molar-refractivity contribution in [2.45, 2.75) is 26.7 Å². The highest BCUT2D eigenvalue weighted by Gasteiger charge is 2.19. The molecule has 0 unspecified atom stereocenters. The number of hydrogen-bond donors (Lipinski definition) is 1. The fraction of sp³-hybridized carbons (Fsp3) is 0.250. The molecule has 1 nitrogen and oxygen atoms in total. The van der Waals surface area contributed by atoms with E-state index in [2.05, 4.69) is 44.2 Å². The molecule has 0 heterocycles. The molecule has 0 bridgehead atoms. The molecule has 0 radical (unpaired) electrons. The summed E-state index contributed by atoms with van der Waals surface area (Å²) in [6, 6.07) is 10.8. The second-order valence-corrected chi connectivity index (χ2v) is 4.98. The molecule has 17 heavy (non-hydrogen) atoms. The van der Waals surface area contributed by atoms with Crippen molar-refractivity contribution in [2.24, 2.45) is 0 Å². The van der Waals surface area contributed by atoms with Gasteiger partial charge in [0.1, 0.15) is 0 Å². The van der Waals surface area contributed by atoms with E-state index >= 15 is 0 Å². The predicted molar refractivity (Wildman–Crippen MR) is 73.2 cm³/mol. The maximum Gasteiger partial charge on any atom is 0.0319 e. The number of benzene rings is 2. The number of anilines is 1. The van der Waals surface area contributed by atoms with Crippen molar-refractivity contribution in [2.75, 3.05) is 5.73 Å². The van der Waals surface area contributed by atoms with Gasteiger partial charge >= 0.3 is 0 Å². The Bertz CT molecular complexity index is 597. The number of aryl methyl sites for hydroxylation is 4. The number of hydrogen-bond acceptors (Lipinski definition) is 1. The quantitative estimate of drug-likeness (QED) is 0.678. The zero-order chi connectivity index (χ0) is 12.0. The monoisotopic (exact) mass is 223 g/mol. The average Bonchev–Trinajstić information content (AvgIpc) is 2.28. The molecular formula is C16H17N. The van der Waals surface area contributed by atoms with Crippen molar-refractivity contribution in [3.8, 4) is 11.1 Å². The van der Waals surface area contributed by atoms with E-state index < -0.39 is 0 Å². The molecule has 2 N–H and O–H groups in total. The first kappa shape index (κ1) is 10.4. The van der Waals surface area contributed by atoms with E-state index in [1.807, 2.05) is 0 Å². The summed E-state index contributed by atoms with van der Waals surface area (Å²) in [5, 5.41) is 0. The molecule has 0 fully saturated rings. The van der Waals surface area contributed by atoms with Crippen LogP contribution in [-0.4, -0.2) is 0 Å². The third-order valence-electron chi connectivity index (χ3n) is 3.71. The summed E-state index contributed by atoms with van der Waals surface area (Å²) in [6.07, 6.45) is 2.24. The van der Waals surface area contributed by atoms with Gasteiger partial charge in [-0.25, -0.2) is 0 Å². The number of fused-ring (bicyclic) bond motifs is 3. The van der Waals surface area contributed by atoms with Gasteiger partial charge in [0.15, 0.2) is 0 Å². The summed E-state index contributed by atoms with van der Waals surface area (Å²) >= 11 is 0. The van der Waals surface area contributed by atoms with E-state index in [-0.39, 0.29) is 0 Å². The van der Waals surface area contributed by atoms with E-state index in [0.29, 0.717) is 0 Å². The van der Waals surface area contributed by atoms with Crippen LogP contribution in [0.4, 0.5) is 5.69 Å². The molecule has 0 saturated carbocycles. The molecule has 0 aliphatic heterocycles. The van der Waals surface area contributed by atoms with E-state index in [4.69, 9.17) is 5.73 Å². The Morgan fingerprint density at radius 3 is 2.41 bits per heavy atom. The SMILES string of the molecule is Cc1cccc2c1-c1c(C)cc(N)cc1CC2. The van der Waals surface area contributed by atoms with Gasteiger partial charge in [0.2, 0.25) is 0 Å². The topological polar surface area (TPSA) is 26.0 Å². The molecule has 1 aliphatic rings. The number of rotatable bonds is 0. The minimum atomic E-state index is 0.887. The van der Waals surface area contributed by atoms with Crippen molar-refractivity contribution in [1.82, 2.24) is 0 Å². The Labute approximate surface area is 102 Å². The van der Waals surface area contributed by atoms with Crippen LogP contribution < -0.4 is 5.73 Å². The second-order valence-electron chi connectivity index (χ2n) is 4.98. The molecule has 1 aliphatic carbocycles. The largest absolute Gasteiger partial charge is 0.399 e. The lowest BCUT2D eigenvalue weighted by atomic mass is 9.81. The highest BCUT2D eigenvalue weighted by molar-refractivity contribution is 5.80. The molecule has 0 spiro atoms. The first-order chi connectivity index (χ1) is 8.16. The lowest BCUT2D eigenvalue weighted by Gasteiger charge is -2.24. The summed E-state index contributed by atoms with van der Waals surface area (Å²) in [4.78, 5) is 0. The standard InChI is InChI=1S/C16H17N/c1-10-4-3-5-12-6-7-13-9-14(17)8-11(2)16(13)15(10)12/h3-5,8-9H,6-7,17H2,1-2H3. The summed E-state index contributed by atoms with van der Waals surface area (Å²) in [6.45, 7) is 4.36. The van der Waals surface area contributed by atoms with Crippen molar-refractivity contribution in [3.63, 3.8) is 0 Å². The molecule has 3 rings (SSSR count). The summed E-state index contributed by atoms with van der Waals surface area (Å²) in [5.74, 6) is 0. The molecular weight excluding hydrogens is 206 g/mol. The van der Waals surface area contributed by atoms with Gasteiger partial charge in [0.25, 0.3) is 0 Å². The minimum Gasteiger partial charge on any atom is -0.399 e. The third-order valence-corrected chi connectivity index (χ3v) is 3.71. The van der Waals surface area contributed by atoms with E-state index in [9.17, 15) is 0 Å². The Kier molecular flexibility index (Phi) is 2.22. The van der Waals surface area contributed by atoms with Gasteiger partial charge < -0.3 is 5.73 Å². The first-order valence-corrected chi connectivity index (χ1v) is 6.14. The molecule has 0 atom stereocenters. The van der Waals surface area contributed by atoms with Crippen LogP contribution in [0.5, 0.6) is 0 Å². The van der Waals surface area contributed by atoms with E-state index in [0.717, 1.165) is 18.5 Å². The molecule has 0 amide bonds. The zero-order valence-corrected chi connectivity index (χ0v) is 10.4. The minimum absolute atomic E-state index is 0.887. The fourth-order valence-electron chi connectivity index (χ4n) is 3.01. The van der Waals surface area contributed by atoms with Gasteiger partial charge in [-0.05, 0) is 72.2 Å². The summed E-state index contributed by atoms with van der Waals surface area (Å²) < 4.78 is 0. The molecule has 0 aromatic heterocycles. The highest BCUT2D eigenvalue weighted by atomic mass is 14.5. The van der Waals surface area contributed by atoms with Crippen LogP contribution in [0.2, 0.25) is 0 Å². The van der Waals surface area contributed by atoms with Gasteiger partial charge in [-0.3, -0.25) is 0 Å². The average molecular weight is 223 g/mol. The molecule has 2 aromatic carbocycles. The van der Waals surface area contributed by atoms with Crippen LogP contribution in [0.15, 0.2) is 30.3 Å². The number of nitrogens with two attached hydrogens (primary N) is 1. The van der Waals surface area contributed by atoms with Crippen LogP contribution >= 0.6 is 0 Å². The molecule has 86 valence electrons. The van der Waals surface area contributed by atoms with E-state index in [1.165, 1.54) is 33.4 Å². The fourth-order valence-corrected chi connectivity index (χ4v) is 3.01. The lowest BCUT2D eigenvalue weighted by Crippen LogP contribution is -2.07. The van der Waals surface area contributed by atoms with Crippen LogP contribution in [0.3, 0.4) is 0 Å². The first-order valence-electron chi connectivity index (χ1n) is 6.14. The van der Waals surface area contributed by atoms with Gasteiger partial charge in [0, 0.05) is 5.69 Å². The van der Waals surface area contributed by atoms with Gasteiger partial charge in [-0.1, -0.05) is 18.2 Å². The van der Waals surface area contributed by atoms with Crippen LogP contribution in [0.1, 0.15) is 22.3 Å². The smallest absolute Gasteiger partial charge is 0.0319 e. The Hall–Kier alpha value is -1.76. The van der Waals surface area contributed by atoms with Gasteiger partial charge in [-0.2, -0.15) is 0 Å². The second kappa shape index (κ2) is 3.63. The van der Waals surface area contributed by atoms with Crippen molar-refractivity contribution in [1.29, 1.82) is 0 Å². The van der Waals surface area contributed by atoms with Crippen LogP contribution in [0.25, 0.3) is 11.1 Å². The maximum atomic E-state index is 5.94. The van der Waals surface area contributed by atoms with Crippen LogP contribution in [0, 0.1) is 13.8 Å². The molecule has 2 aromatic rings. The Morgan fingerprint density at radius 1 is 0.882 bits per heavy atom. The predicted octanol–water partition coefficient (Wildman–Crippen LogP) is 3.65. The number of nitrogen functional groups attached to an aromatic ring is 1. The maximum absolute atomic E-state index is 5.94. The third kappa shape index (κ3) is 1.54. The van der Waals surface area contributed by atoms with Gasteiger partial charge in [-0.15, -0.1) is 0 Å². The molecule has 0 saturated heterocycles. The van der Waals surface area contributed by atoms with E-state index in [1.54, 1.807) is 0 Å². The lowest BCUT2D eigenvalue weighted by molar-refractivity contribution is 0.936. The van der Waals surface area contributed by atoms with Crippen molar-refractivity contribution >= 4 is 5.69 Å². The van der Waals surface area contributed by atoms with Gasteiger partial charge in [0.05, 0.1) is 0 Å². The molecule has 1 heteroatoms. The zero-order valence-electron chi connectivity index (χ0n) is 10.4. The van der Waals surface area contributed by atoms with Crippen molar-refractivity contribution in [3.05, 3.63) is 52.6 Å². The Balaban J connectivity index is 2.36. The summed E-state index contributed by atoms with van der Waals surface area (Å²) in [5.41, 5.74) is 15.2.